The number of hydrogen-bond donors (Lipinski definition) is 2. The van der Waals surface area contributed by atoms with E-state index in [0.717, 1.165) is 10.7 Å². The fraction of sp³-hybridized carbons (Fsp3) is 0.400. The van der Waals surface area contributed by atoms with Gasteiger partial charge < -0.3 is 10.6 Å². The van der Waals surface area contributed by atoms with Crippen LogP contribution in [0.15, 0.2) is 18.2 Å². The summed E-state index contributed by atoms with van der Waals surface area (Å²) in [6, 6.07) is 3.87. The van der Waals surface area contributed by atoms with Crippen molar-refractivity contribution in [2.24, 2.45) is 0 Å². The summed E-state index contributed by atoms with van der Waals surface area (Å²) in [5.74, 6) is -0.0463. The molecule has 24 heavy (non-hydrogen) atoms. The lowest BCUT2D eigenvalue weighted by Crippen LogP contribution is -2.41. The molecule has 130 valence electrons. The van der Waals surface area contributed by atoms with Crippen molar-refractivity contribution in [3.05, 3.63) is 33.8 Å². The monoisotopic (exact) mass is 389 g/mol. The van der Waals surface area contributed by atoms with Crippen LogP contribution in [0.2, 0.25) is 10.0 Å². The van der Waals surface area contributed by atoms with Crippen LogP contribution in [0, 0.1) is 0 Å². The second kappa shape index (κ2) is 8.60. The molecule has 6 nitrogen and oxygen atoms in total. The largest absolute Gasteiger partial charge is 0.350 e. The lowest BCUT2D eigenvalue weighted by atomic mass is 10.2. The Bertz CT molecular complexity index is 657. The summed E-state index contributed by atoms with van der Waals surface area (Å²) in [5.41, 5.74) is 0.699. The van der Waals surface area contributed by atoms with Gasteiger partial charge in [0.1, 0.15) is 12.6 Å². The lowest BCUT2D eigenvalue weighted by molar-refractivity contribution is -0.132. The van der Waals surface area contributed by atoms with Crippen molar-refractivity contribution >= 4 is 52.8 Å². The molecule has 1 aliphatic rings. The molecular formula is C15H17Cl2N3O3S. The van der Waals surface area contributed by atoms with Gasteiger partial charge in [0.05, 0.1) is 0 Å². The van der Waals surface area contributed by atoms with E-state index in [0.29, 0.717) is 22.0 Å². The zero-order valence-electron chi connectivity index (χ0n) is 13.0. The van der Waals surface area contributed by atoms with Crippen molar-refractivity contribution in [1.82, 2.24) is 15.5 Å². The maximum Gasteiger partial charge on any atom is 0.325 e. The Morgan fingerprint density at radius 2 is 2.12 bits per heavy atom. The quantitative estimate of drug-likeness (QED) is 0.701. The summed E-state index contributed by atoms with van der Waals surface area (Å²) in [6.07, 6.45) is 2.47. The van der Waals surface area contributed by atoms with Gasteiger partial charge in [-0.3, -0.25) is 14.5 Å². The van der Waals surface area contributed by atoms with Crippen molar-refractivity contribution in [3.63, 3.8) is 0 Å². The summed E-state index contributed by atoms with van der Waals surface area (Å²) >= 11 is 13.4. The number of imide groups is 1. The van der Waals surface area contributed by atoms with Gasteiger partial charge in [-0.1, -0.05) is 29.3 Å². The van der Waals surface area contributed by atoms with E-state index in [4.69, 9.17) is 23.2 Å². The molecule has 1 aromatic carbocycles. The first-order chi connectivity index (χ1) is 11.4. The Balaban J connectivity index is 1.87. The van der Waals surface area contributed by atoms with Gasteiger partial charge >= 0.3 is 6.03 Å². The van der Waals surface area contributed by atoms with E-state index in [2.05, 4.69) is 10.6 Å². The molecule has 0 aliphatic carbocycles. The first kappa shape index (κ1) is 18.9. The molecule has 2 N–H and O–H groups in total. The molecule has 1 saturated heterocycles. The van der Waals surface area contributed by atoms with Crippen LogP contribution in [0.1, 0.15) is 12.0 Å². The lowest BCUT2D eigenvalue weighted by Gasteiger charge is -2.13. The Kier molecular flexibility index (Phi) is 6.77. The maximum atomic E-state index is 12.1. The van der Waals surface area contributed by atoms with Gasteiger partial charge in [0.15, 0.2) is 0 Å². The van der Waals surface area contributed by atoms with E-state index in [1.807, 2.05) is 6.26 Å². The number of benzene rings is 1. The molecule has 1 fully saturated rings. The third-order valence-electron chi connectivity index (χ3n) is 3.51. The van der Waals surface area contributed by atoms with Crippen LogP contribution in [0.4, 0.5) is 4.79 Å². The second-order valence-corrected chi connectivity index (χ2v) is 7.05. The number of carbonyl (C=O) groups is 3. The summed E-state index contributed by atoms with van der Waals surface area (Å²) in [4.78, 5) is 36.9. The topological polar surface area (TPSA) is 78.5 Å². The van der Waals surface area contributed by atoms with Crippen LogP contribution in [-0.2, 0) is 16.1 Å². The third-order valence-corrected chi connectivity index (χ3v) is 4.74. The molecule has 1 atom stereocenters. The fourth-order valence-corrected chi connectivity index (χ4v) is 3.16. The normalized spacial score (nSPS) is 17.1. The zero-order chi connectivity index (χ0) is 17.7. The average molecular weight is 390 g/mol. The number of thioether (sulfide) groups is 1. The zero-order valence-corrected chi connectivity index (χ0v) is 15.3. The summed E-state index contributed by atoms with van der Waals surface area (Å²) in [7, 11) is 0. The van der Waals surface area contributed by atoms with Crippen molar-refractivity contribution in [1.29, 1.82) is 0 Å². The molecule has 9 heteroatoms. The van der Waals surface area contributed by atoms with Gasteiger partial charge in [-0.25, -0.2) is 4.79 Å². The van der Waals surface area contributed by atoms with E-state index in [1.54, 1.807) is 30.0 Å². The molecule has 0 saturated carbocycles. The predicted molar refractivity (Wildman–Crippen MR) is 95.3 cm³/mol. The van der Waals surface area contributed by atoms with E-state index in [9.17, 15) is 14.4 Å². The Labute approximate surface area is 154 Å². The molecule has 1 heterocycles. The number of hydrogen-bond acceptors (Lipinski definition) is 4. The van der Waals surface area contributed by atoms with Crippen LogP contribution in [0.3, 0.4) is 0 Å². The van der Waals surface area contributed by atoms with Crippen LogP contribution in [0.5, 0.6) is 0 Å². The first-order valence-corrected chi connectivity index (χ1v) is 9.38. The molecule has 2 rings (SSSR count). The van der Waals surface area contributed by atoms with Crippen molar-refractivity contribution in [2.75, 3.05) is 18.6 Å². The second-order valence-electron chi connectivity index (χ2n) is 5.22. The van der Waals surface area contributed by atoms with Gasteiger partial charge in [0, 0.05) is 16.6 Å². The minimum Gasteiger partial charge on any atom is -0.350 e. The molecule has 0 spiro atoms. The maximum absolute atomic E-state index is 12.1. The van der Waals surface area contributed by atoms with Crippen molar-refractivity contribution < 1.29 is 14.4 Å². The van der Waals surface area contributed by atoms with Crippen LogP contribution < -0.4 is 10.6 Å². The Morgan fingerprint density at radius 1 is 1.38 bits per heavy atom. The van der Waals surface area contributed by atoms with E-state index < -0.39 is 18.0 Å². The smallest absolute Gasteiger partial charge is 0.325 e. The first-order valence-electron chi connectivity index (χ1n) is 7.23. The molecule has 0 unspecified atom stereocenters. The molecule has 0 radical (unpaired) electrons. The van der Waals surface area contributed by atoms with E-state index in [-0.39, 0.29) is 19.0 Å². The van der Waals surface area contributed by atoms with Crippen molar-refractivity contribution in [3.8, 4) is 0 Å². The van der Waals surface area contributed by atoms with Gasteiger partial charge in [0.25, 0.3) is 5.91 Å². The SMILES string of the molecule is CSCC[C@H]1NC(=O)N(CC(=O)NCc2ccc(Cl)cc2Cl)C1=O. The van der Waals surface area contributed by atoms with Crippen LogP contribution >= 0.6 is 35.0 Å². The predicted octanol–water partition coefficient (Wildman–Crippen LogP) is 2.28. The number of rotatable bonds is 7. The number of amides is 4. The highest BCUT2D eigenvalue weighted by atomic mass is 35.5. The molecule has 0 aromatic heterocycles. The number of carbonyl (C=O) groups excluding carboxylic acids is 3. The molecule has 1 aromatic rings. The van der Waals surface area contributed by atoms with Gasteiger partial charge in [-0.2, -0.15) is 11.8 Å². The summed E-state index contributed by atoms with van der Waals surface area (Å²) < 4.78 is 0. The van der Waals surface area contributed by atoms with Gasteiger partial charge in [-0.15, -0.1) is 0 Å². The highest BCUT2D eigenvalue weighted by Gasteiger charge is 2.38. The summed E-state index contributed by atoms with van der Waals surface area (Å²) in [5, 5.41) is 6.18. The number of halogens is 2. The minimum absolute atomic E-state index is 0.189. The average Bonchev–Trinajstić information content (AvgIpc) is 2.79. The Hall–Kier alpha value is -1.44. The molecule has 0 bridgehead atoms. The number of nitrogens with zero attached hydrogens (tertiary/aromatic N) is 1. The number of urea groups is 1. The van der Waals surface area contributed by atoms with E-state index >= 15 is 0 Å². The third kappa shape index (κ3) is 4.78. The summed E-state index contributed by atoms with van der Waals surface area (Å²) in [6.45, 7) is -0.125. The van der Waals surface area contributed by atoms with Crippen molar-refractivity contribution in [2.45, 2.75) is 19.0 Å². The molecule has 1 aliphatic heterocycles. The van der Waals surface area contributed by atoms with Crippen LogP contribution in [-0.4, -0.2) is 47.3 Å². The molecular weight excluding hydrogens is 373 g/mol. The minimum atomic E-state index is -0.552. The van der Waals surface area contributed by atoms with Gasteiger partial charge in [-0.05, 0) is 36.1 Å². The Morgan fingerprint density at radius 3 is 2.79 bits per heavy atom. The highest BCUT2D eigenvalue weighted by Crippen LogP contribution is 2.20. The molecule has 4 amide bonds. The number of nitrogens with one attached hydrogen (secondary N) is 2. The van der Waals surface area contributed by atoms with Gasteiger partial charge in [0.2, 0.25) is 5.91 Å². The van der Waals surface area contributed by atoms with E-state index in [1.165, 1.54) is 0 Å². The standard InChI is InChI=1S/C15H17Cl2N3O3S/c1-24-5-4-12-14(22)20(15(23)19-12)8-13(21)18-7-9-2-3-10(16)6-11(9)17/h2-3,6,12H,4-5,7-8H2,1H3,(H,18,21)(H,19,23)/t12-/m1/s1. The highest BCUT2D eigenvalue weighted by molar-refractivity contribution is 7.98. The fourth-order valence-electron chi connectivity index (χ4n) is 2.22. The van der Waals surface area contributed by atoms with Crippen LogP contribution in [0.25, 0.3) is 0 Å².